The number of nitrogens with zero attached hydrogens (tertiary/aromatic N) is 3. The number of hydrogen-bond donors (Lipinski definition) is 0. The van der Waals surface area contributed by atoms with Crippen molar-refractivity contribution in [2.45, 2.75) is 19.4 Å². The van der Waals surface area contributed by atoms with E-state index in [2.05, 4.69) is 45.0 Å². The van der Waals surface area contributed by atoms with Gasteiger partial charge in [0.2, 0.25) is 5.91 Å². The van der Waals surface area contributed by atoms with Crippen LogP contribution in [0.3, 0.4) is 0 Å². The van der Waals surface area contributed by atoms with E-state index in [1.807, 2.05) is 24.3 Å². The Morgan fingerprint density at radius 3 is 2.18 bits per heavy atom. The van der Waals surface area contributed by atoms with Crippen molar-refractivity contribution in [1.29, 1.82) is 0 Å². The van der Waals surface area contributed by atoms with Crippen LogP contribution in [-0.4, -0.2) is 55.0 Å². The van der Waals surface area contributed by atoms with E-state index in [0.29, 0.717) is 5.91 Å². The summed E-state index contributed by atoms with van der Waals surface area (Å²) in [6.07, 6.45) is 1.89. The Morgan fingerprint density at radius 2 is 1.50 bits per heavy atom. The van der Waals surface area contributed by atoms with Gasteiger partial charge in [0.05, 0.1) is 0 Å². The fourth-order valence-corrected chi connectivity index (χ4v) is 4.48. The van der Waals surface area contributed by atoms with Gasteiger partial charge in [0, 0.05) is 49.4 Å². The Balaban J connectivity index is 1.25. The van der Waals surface area contributed by atoms with Gasteiger partial charge in [-0.1, -0.05) is 48.0 Å². The molecule has 0 unspecified atom stereocenters. The molecule has 2 aromatic rings. The number of piperazine rings is 1. The zero-order valence-corrected chi connectivity index (χ0v) is 17.0. The van der Waals surface area contributed by atoms with Gasteiger partial charge in [0.15, 0.2) is 0 Å². The molecule has 2 aromatic carbocycles. The SMILES string of the molecule is O=C(C1CCN(Cc2ccccc2Cl)CC1)N1CCN(c2ccccc2)CC1. The first-order valence-electron chi connectivity index (χ1n) is 10.3. The lowest BCUT2D eigenvalue weighted by Crippen LogP contribution is -2.51. The number of halogens is 1. The van der Waals surface area contributed by atoms with E-state index in [9.17, 15) is 4.79 Å². The third kappa shape index (κ3) is 4.50. The molecule has 0 atom stereocenters. The van der Waals surface area contributed by atoms with Gasteiger partial charge < -0.3 is 9.80 Å². The molecule has 0 spiro atoms. The second-order valence-corrected chi connectivity index (χ2v) is 8.20. The Kier molecular flexibility index (Phi) is 6.18. The molecule has 1 amide bonds. The number of likely N-dealkylation sites (tertiary alicyclic amines) is 1. The lowest BCUT2D eigenvalue weighted by molar-refractivity contribution is -0.137. The average Bonchev–Trinajstić information content (AvgIpc) is 2.76. The van der Waals surface area contributed by atoms with Crippen molar-refractivity contribution >= 4 is 23.2 Å². The third-order valence-electron chi connectivity index (χ3n) is 6.00. The topological polar surface area (TPSA) is 26.8 Å². The van der Waals surface area contributed by atoms with Crippen LogP contribution in [0.1, 0.15) is 18.4 Å². The molecule has 2 fully saturated rings. The van der Waals surface area contributed by atoms with Crippen molar-refractivity contribution < 1.29 is 4.79 Å². The van der Waals surface area contributed by atoms with Crippen LogP contribution < -0.4 is 4.90 Å². The average molecular weight is 398 g/mol. The molecule has 0 aliphatic carbocycles. The van der Waals surface area contributed by atoms with Crippen LogP contribution in [0.5, 0.6) is 0 Å². The standard InChI is InChI=1S/C23H28ClN3O/c24-22-9-5-4-6-20(22)18-25-12-10-19(11-13-25)23(28)27-16-14-26(15-17-27)21-7-2-1-3-8-21/h1-9,19H,10-18H2. The van der Waals surface area contributed by atoms with E-state index in [4.69, 9.17) is 11.6 Å². The minimum atomic E-state index is 0.172. The molecule has 2 heterocycles. The molecule has 4 nitrogen and oxygen atoms in total. The monoisotopic (exact) mass is 397 g/mol. The predicted octanol–water partition coefficient (Wildman–Crippen LogP) is 3.90. The number of carbonyl (C=O) groups excluding carboxylic acids is 1. The van der Waals surface area contributed by atoms with Crippen LogP contribution in [0.2, 0.25) is 5.02 Å². The van der Waals surface area contributed by atoms with Crippen molar-refractivity contribution in [3.05, 3.63) is 65.2 Å². The molecule has 5 heteroatoms. The molecule has 2 aliphatic rings. The summed E-state index contributed by atoms with van der Waals surface area (Å²) < 4.78 is 0. The van der Waals surface area contributed by atoms with Gasteiger partial charge in [-0.15, -0.1) is 0 Å². The first-order valence-corrected chi connectivity index (χ1v) is 10.6. The highest BCUT2D eigenvalue weighted by molar-refractivity contribution is 6.31. The Labute approximate surface area is 172 Å². The molecular weight excluding hydrogens is 370 g/mol. The van der Waals surface area contributed by atoms with Crippen molar-refractivity contribution in [1.82, 2.24) is 9.80 Å². The summed E-state index contributed by atoms with van der Waals surface area (Å²) in [5, 5.41) is 0.831. The van der Waals surface area contributed by atoms with Gasteiger partial charge in [-0.25, -0.2) is 0 Å². The third-order valence-corrected chi connectivity index (χ3v) is 6.37. The molecule has 0 saturated carbocycles. The van der Waals surface area contributed by atoms with Crippen LogP contribution in [0.25, 0.3) is 0 Å². The fraction of sp³-hybridized carbons (Fsp3) is 0.435. The van der Waals surface area contributed by atoms with Crippen LogP contribution in [0.15, 0.2) is 54.6 Å². The number of hydrogen-bond acceptors (Lipinski definition) is 3. The summed E-state index contributed by atoms with van der Waals surface area (Å²) in [5.41, 5.74) is 2.42. The van der Waals surface area contributed by atoms with Crippen molar-refractivity contribution in [2.75, 3.05) is 44.2 Å². The fourth-order valence-electron chi connectivity index (χ4n) is 4.29. The molecule has 28 heavy (non-hydrogen) atoms. The second-order valence-electron chi connectivity index (χ2n) is 7.79. The summed E-state index contributed by atoms with van der Waals surface area (Å²) in [6, 6.07) is 18.5. The molecule has 0 aromatic heterocycles. The molecule has 4 rings (SSSR count). The van der Waals surface area contributed by atoms with E-state index in [0.717, 1.165) is 63.7 Å². The molecular formula is C23H28ClN3O. The minimum Gasteiger partial charge on any atom is -0.368 e. The first kappa shape index (κ1) is 19.3. The lowest BCUT2D eigenvalue weighted by atomic mass is 9.94. The normalized spacial score (nSPS) is 19.0. The van der Waals surface area contributed by atoms with Gasteiger partial charge in [-0.2, -0.15) is 0 Å². The molecule has 2 saturated heterocycles. The maximum absolute atomic E-state index is 13.0. The van der Waals surface area contributed by atoms with E-state index in [1.54, 1.807) is 0 Å². The van der Waals surface area contributed by atoms with Crippen LogP contribution in [-0.2, 0) is 11.3 Å². The number of amides is 1. The summed E-state index contributed by atoms with van der Waals surface area (Å²) in [6.45, 7) is 6.29. The first-order chi connectivity index (χ1) is 13.7. The van der Waals surface area contributed by atoms with Crippen molar-refractivity contribution in [2.24, 2.45) is 5.92 Å². The minimum absolute atomic E-state index is 0.172. The zero-order valence-electron chi connectivity index (χ0n) is 16.3. The lowest BCUT2D eigenvalue weighted by Gasteiger charge is -2.39. The number of para-hydroxylation sites is 1. The Morgan fingerprint density at radius 1 is 0.857 bits per heavy atom. The van der Waals surface area contributed by atoms with Crippen molar-refractivity contribution in [3.8, 4) is 0 Å². The van der Waals surface area contributed by atoms with E-state index in [-0.39, 0.29) is 5.92 Å². The van der Waals surface area contributed by atoms with Crippen LogP contribution in [0.4, 0.5) is 5.69 Å². The molecule has 0 N–H and O–H groups in total. The highest BCUT2D eigenvalue weighted by Crippen LogP contribution is 2.24. The zero-order chi connectivity index (χ0) is 19.3. The predicted molar refractivity (Wildman–Crippen MR) is 115 cm³/mol. The Hall–Kier alpha value is -2.04. The summed E-state index contributed by atoms with van der Waals surface area (Å²) >= 11 is 6.29. The van der Waals surface area contributed by atoms with Crippen LogP contribution >= 0.6 is 11.6 Å². The van der Waals surface area contributed by atoms with Gasteiger partial charge >= 0.3 is 0 Å². The largest absolute Gasteiger partial charge is 0.368 e. The van der Waals surface area contributed by atoms with Gasteiger partial charge in [-0.3, -0.25) is 9.69 Å². The summed E-state index contributed by atoms with van der Waals surface area (Å²) in [7, 11) is 0. The van der Waals surface area contributed by atoms with Crippen molar-refractivity contribution in [3.63, 3.8) is 0 Å². The molecule has 2 aliphatic heterocycles. The maximum atomic E-state index is 13.0. The maximum Gasteiger partial charge on any atom is 0.225 e. The number of benzene rings is 2. The summed E-state index contributed by atoms with van der Waals surface area (Å²) in [5.74, 6) is 0.524. The quantitative estimate of drug-likeness (QED) is 0.782. The van der Waals surface area contributed by atoms with E-state index >= 15 is 0 Å². The second kappa shape index (κ2) is 8.97. The highest BCUT2D eigenvalue weighted by atomic mass is 35.5. The number of carbonyl (C=O) groups is 1. The number of piperidine rings is 1. The molecule has 0 bridgehead atoms. The van der Waals surface area contributed by atoms with E-state index in [1.165, 1.54) is 11.3 Å². The van der Waals surface area contributed by atoms with E-state index < -0.39 is 0 Å². The molecule has 0 radical (unpaired) electrons. The Bertz CT molecular complexity index is 781. The highest BCUT2D eigenvalue weighted by Gasteiger charge is 2.30. The van der Waals surface area contributed by atoms with Crippen LogP contribution in [0, 0.1) is 5.92 Å². The smallest absolute Gasteiger partial charge is 0.225 e. The number of anilines is 1. The van der Waals surface area contributed by atoms with Gasteiger partial charge in [-0.05, 0) is 49.7 Å². The summed E-state index contributed by atoms with van der Waals surface area (Å²) in [4.78, 5) is 19.8. The number of rotatable bonds is 4. The molecule has 148 valence electrons. The van der Waals surface area contributed by atoms with Gasteiger partial charge in [0.25, 0.3) is 0 Å². The van der Waals surface area contributed by atoms with Gasteiger partial charge in [0.1, 0.15) is 0 Å².